The Kier molecular flexibility index (Phi) is 6.18. The number of likely N-dealkylation sites (tertiary alicyclic amines) is 1. The van der Waals surface area contributed by atoms with Gasteiger partial charge in [0.25, 0.3) is 0 Å². The predicted molar refractivity (Wildman–Crippen MR) is 103 cm³/mol. The van der Waals surface area contributed by atoms with Crippen LogP contribution in [0.5, 0.6) is 0 Å². The molecule has 0 spiro atoms. The van der Waals surface area contributed by atoms with Crippen molar-refractivity contribution in [1.82, 2.24) is 4.90 Å². The fraction of sp³-hybridized carbons (Fsp3) is 0.650. The molecule has 1 aliphatic carbocycles. The van der Waals surface area contributed by atoms with Crippen LogP contribution >= 0.6 is 12.4 Å². The molecule has 140 valence electrons. The summed E-state index contributed by atoms with van der Waals surface area (Å²) in [5, 5.41) is 0. The smallest absolute Gasteiger partial charge is 0.243 e. The third kappa shape index (κ3) is 3.44. The number of halogens is 1. The van der Waals surface area contributed by atoms with Crippen LogP contribution in [0.25, 0.3) is 0 Å². The van der Waals surface area contributed by atoms with Crippen molar-refractivity contribution in [3.63, 3.8) is 0 Å². The Morgan fingerprint density at radius 3 is 2.36 bits per heavy atom. The van der Waals surface area contributed by atoms with Gasteiger partial charge in [-0.05, 0) is 31.2 Å². The quantitative estimate of drug-likeness (QED) is 0.889. The second-order valence-corrected chi connectivity index (χ2v) is 7.82. The molecule has 5 heteroatoms. The molecule has 1 heterocycles. The zero-order valence-corrected chi connectivity index (χ0v) is 16.3. The molecule has 1 aromatic carbocycles. The molecule has 1 aromatic rings. The molecular weight excluding hydrogens is 336 g/mol. The molecule has 2 unspecified atom stereocenters. The van der Waals surface area contributed by atoms with E-state index in [0.717, 1.165) is 25.9 Å². The van der Waals surface area contributed by atoms with Crippen molar-refractivity contribution in [2.24, 2.45) is 11.1 Å². The summed E-state index contributed by atoms with van der Waals surface area (Å²) in [6.07, 6.45) is 2.74. The van der Waals surface area contributed by atoms with Crippen molar-refractivity contribution in [3.8, 4) is 0 Å². The number of benzene rings is 1. The second kappa shape index (κ2) is 7.65. The number of ether oxygens (including phenoxy) is 1. The van der Waals surface area contributed by atoms with E-state index in [1.165, 1.54) is 5.56 Å². The van der Waals surface area contributed by atoms with E-state index in [4.69, 9.17) is 10.5 Å². The highest BCUT2D eigenvalue weighted by Gasteiger charge is 2.63. The molecule has 0 bridgehead atoms. The summed E-state index contributed by atoms with van der Waals surface area (Å²) >= 11 is 0. The van der Waals surface area contributed by atoms with E-state index in [9.17, 15) is 4.79 Å². The molecule has 1 saturated heterocycles. The normalized spacial score (nSPS) is 28.8. The highest BCUT2D eigenvalue weighted by molar-refractivity contribution is 5.89. The van der Waals surface area contributed by atoms with Crippen molar-refractivity contribution in [1.29, 1.82) is 0 Å². The van der Waals surface area contributed by atoms with Gasteiger partial charge in [-0.1, -0.05) is 44.2 Å². The Labute approximate surface area is 157 Å². The van der Waals surface area contributed by atoms with E-state index in [2.05, 4.69) is 38.1 Å². The summed E-state index contributed by atoms with van der Waals surface area (Å²) in [5.74, 6) is 0.657. The lowest BCUT2D eigenvalue weighted by molar-refractivity contribution is -0.180. The van der Waals surface area contributed by atoms with Crippen LogP contribution in [-0.2, 0) is 9.53 Å². The number of amides is 1. The molecule has 0 radical (unpaired) electrons. The van der Waals surface area contributed by atoms with Crippen LogP contribution < -0.4 is 5.73 Å². The molecule has 0 aromatic heterocycles. The number of nitrogens with two attached hydrogens (primary N) is 1. The Balaban J connectivity index is 0.00000225. The molecule has 1 saturated carbocycles. The van der Waals surface area contributed by atoms with Crippen LogP contribution in [0.1, 0.15) is 51.5 Å². The monoisotopic (exact) mass is 366 g/mol. The van der Waals surface area contributed by atoms with Gasteiger partial charge in [-0.2, -0.15) is 0 Å². The lowest BCUT2D eigenvalue weighted by atomic mass is 9.54. The number of hydrogen-bond donors (Lipinski definition) is 1. The van der Waals surface area contributed by atoms with Crippen molar-refractivity contribution in [2.45, 2.75) is 57.6 Å². The zero-order valence-electron chi connectivity index (χ0n) is 15.5. The van der Waals surface area contributed by atoms with Gasteiger partial charge in [-0.25, -0.2) is 0 Å². The van der Waals surface area contributed by atoms with Crippen LogP contribution in [-0.4, -0.2) is 42.1 Å². The van der Waals surface area contributed by atoms with Crippen LogP contribution in [0.2, 0.25) is 0 Å². The average Bonchev–Trinajstić information content (AvgIpc) is 2.61. The van der Waals surface area contributed by atoms with E-state index in [-0.39, 0.29) is 29.8 Å². The summed E-state index contributed by atoms with van der Waals surface area (Å²) in [7, 11) is 0. The summed E-state index contributed by atoms with van der Waals surface area (Å²) in [5.41, 5.74) is 6.84. The van der Waals surface area contributed by atoms with Crippen molar-refractivity contribution >= 4 is 18.3 Å². The lowest BCUT2D eigenvalue weighted by Gasteiger charge is -2.59. The van der Waals surface area contributed by atoms with E-state index in [1.54, 1.807) is 0 Å². The maximum atomic E-state index is 13.1. The minimum Gasteiger partial charge on any atom is -0.378 e. The van der Waals surface area contributed by atoms with Gasteiger partial charge in [0, 0.05) is 31.5 Å². The molecule has 2 fully saturated rings. The van der Waals surface area contributed by atoms with Crippen LogP contribution in [0.4, 0.5) is 0 Å². The summed E-state index contributed by atoms with van der Waals surface area (Å²) in [4.78, 5) is 15.0. The molecule has 1 aliphatic heterocycles. The second-order valence-electron chi connectivity index (χ2n) is 7.82. The molecular formula is C20H31ClN2O2. The number of nitrogens with zero attached hydrogens (tertiary/aromatic N) is 1. The first-order valence-electron chi connectivity index (χ1n) is 9.15. The molecule has 2 aliphatic rings. The first-order chi connectivity index (χ1) is 11.4. The van der Waals surface area contributed by atoms with E-state index in [0.29, 0.717) is 18.9 Å². The first-order valence-corrected chi connectivity index (χ1v) is 9.15. The van der Waals surface area contributed by atoms with Gasteiger partial charge in [0.05, 0.1) is 6.10 Å². The van der Waals surface area contributed by atoms with E-state index in [1.807, 2.05) is 17.9 Å². The summed E-state index contributed by atoms with van der Waals surface area (Å²) < 4.78 is 5.75. The number of carbonyl (C=O) groups excluding carboxylic acids is 1. The van der Waals surface area contributed by atoms with Gasteiger partial charge >= 0.3 is 0 Å². The molecule has 1 amide bonds. The first kappa shape index (κ1) is 20.2. The van der Waals surface area contributed by atoms with Crippen molar-refractivity contribution < 1.29 is 9.53 Å². The third-order valence-corrected chi connectivity index (χ3v) is 6.26. The van der Waals surface area contributed by atoms with Crippen molar-refractivity contribution in [2.75, 3.05) is 19.7 Å². The van der Waals surface area contributed by atoms with E-state index >= 15 is 0 Å². The topological polar surface area (TPSA) is 55.6 Å². The maximum Gasteiger partial charge on any atom is 0.243 e. The molecule has 3 rings (SSSR count). The maximum absolute atomic E-state index is 13.1. The highest BCUT2D eigenvalue weighted by atomic mass is 35.5. The van der Waals surface area contributed by atoms with Gasteiger partial charge in [0.2, 0.25) is 5.91 Å². The standard InChI is InChI=1S/C20H30N2O2.ClH/c1-4-24-17-14-20(21,19(17,2)3)18(23)22-12-10-16(11-13-22)15-8-6-5-7-9-15;/h5-9,16-17H,4,10-14,21H2,1-3H3;1H. The SMILES string of the molecule is CCOC1CC(N)(C(=O)N2CCC(c3ccccc3)CC2)C1(C)C.Cl. The van der Waals surface area contributed by atoms with Gasteiger partial charge in [0.15, 0.2) is 0 Å². The Morgan fingerprint density at radius 2 is 1.84 bits per heavy atom. The minimum atomic E-state index is -0.785. The largest absolute Gasteiger partial charge is 0.378 e. The average molecular weight is 367 g/mol. The van der Waals surface area contributed by atoms with Gasteiger partial charge in [0.1, 0.15) is 5.54 Å². The molecule has 25 heavy (non-hydrogen) atoms. The van der Waals surface area contributed by atoms with E-state index < -0.39 is 5.54 Å². The zero-order chi connectivity index (χ0) is 17.4. The number of rotatable bonds is 4. The van der Waals surface area contributed by atoms with Crippen LogP contribution in [0.3, 0.4) is 0 Å². The predicted octanol–water partition coefficient (Wildman–Crippen LogP) is 3.35. The van der Waals surface area contributed by atoms with Gasteiger partial charge < -0.3 is 15.4 Å². The highest BCUT2D eigenvalue weighted by Crippen LogP contribution is 2.50. The fourth-order valence-corrected chi connectivity index (χ4v) is 4.22. The minimum absolute atomic E-state index is 0. The van der Waals surface area contributed by atoms with Gasteiger partial charge in [-0.3, -0.25) is 4.79 Å². The summed E-state index contributed by atoms with van der Waals surface area (Å²) in [6.45, 7) is 8.37. The fourth-order valence-electron chi connectivity index (χ4n) is 4.22. The number of carbonyl (C=O) groups is 1. The lowest BCUT2D eigenvalue weighted by Crippen LogP contribution is -2.76. The van der Waals surface area contributed by atoms with Crippen LogP contribution in [0.15, 0.2) is 30.3 Å². The van der Waals surface area contributed by atoms with Gasteiger partial charge in [-0.15, -0.1) is 12.4 Å². The molecule has 2 N–H and O–H groups in total. The number of hydrogen-bond acceptors (Lipinski definition) is 3. The molecule has 2 atom stereocenters. The summed E-state index contributed by atoms with van der Waals surface area (Å²) in [6, 6.07) is 10.6. The third-order valence-electron chi connectivity index (χ3n) is 6.26. The number of piperidine rings is 1. The Hall–Kier alpha value is -1.10. The molecule has 4 nitrogen and oxygen atoms in total. The van der Waals surface area contributed by atoms with Crippen molar-refractivity contribution in [3.05, 3.63) is 35.9 Å². The Bertz CT molecular complexity index is 585. The van der Waals surface area contributed by atoms with Crippen LogP contribution in [0, 0.1) is 5.41 Å². The Morgan fingerprint density at radius 1 is 1.24 bits per heavy atom.